The lowest BCUT2D eigenvalue weighted by molar-refractivity contribution is -0.137. The summed E-state index contributed by atoms with van der Waals surface area (Å²) in [6, 6.07) is 11.4. The molecular formula is C17H13F3N2O2. The molecule has 0 spiro atoms. The number of halogens is 3. The highest BCUT2D eigenvalue weighted by molar-refractivity contribution is 5.93. The Morgan fingerprint density at radius 2 is 1.67 bits per heavy atom. The van der Waals surface area contributed by atoms with Crippen LogP contribution in [0.1, 0.15) is 12.5 Å². The minimum atomic E-state index is -4.40. The van der Waals surface area contributed by atoms with Crippen molar-refractivity contribution in [3.05, 3.63) is 64.4 Å². The Morgan fingerprint density at radius 3 is 2.25 bits per heavy atom. The van der Waals surface area contributed by atoms with Crippen molar-refractivity contribution >= 4 is 10.8 Å². The Labute approximate surface area is 135 Å². The molecule has 3 aromatic rings. The third-order valence-corrected chi connectivity index (χ3v) is 3.51. The Bertz CT molecular complexity index is 931. The quantitative estimate of drug-likeness (QED) is 0.736. The van der Waals surface area contributed by atoms with Crippen molar-refractivity contribution < 1.29 is 18.0 Å². The molecule has 0 unspecified atom stereocenters. The summed E-state index contributed by atoms with van der Waals surface area (Å²) in [5.74, 6) is 0. The van der Waals surface area contributed by atoms with Gasteiger partial charge in [-0.15, -0.1) is 5.10 Å². The van der Waals surface area contributed by atoms with Crippen molar-refractivity contribution in [2.75, 3.05) is 6.61 Å². The second-order valence-corrected chi connectivity index (χ2v) is 5.07. The lowest BCUT2D eigenvalue weighted by atomic mass is 10.0. The lowest BCUT2D eigenvalue weighted by Gasteiger charge is -2.12. The van der Waals surface area contributed by atoms with Crippen molar-refractivity contribution in [2.45, 2.75) is 13.1 Å². The molecule has 1 heterocycles. The highest BCUT2D eigenvalue weighted by Gasteiger charge is 2.30. The number of alkyl halides is 3. The van der Waals surface area contributed by atoms with Crippen molar-refractivity contribution in [1.82, 2.24) is 9.94 Å². The molecule has 2 aromatic carbocycles. The third-order valence-electron chi connectivity index (χ3n) is 3.51. The summed E-state index contributed by atoms with van der Waals surface area (Å²) in [5.41, 5.74) is -0.308. The van der Waals surface area contributed by atoms with E-state index in [0.29, 0.717) is 22.0 Å². The first kappa shape index (κ1) is 16.0. The third kappa shape index (κ3) is 2.84. The van der Waals surface area contributed by atoms with Crippen molar-refractivity contribution in [1.29, 1.82) is 0 Å². The van der Waals surface area contributed by atoms with Gasteiger partial charge in [-0.2, -0.15) is 13.2 Å². The average molecular weight is 334 g/mol. The molecule has 0 aliphatic heterocycles. The predicted octanol–water partition coefficient (Wildman–Crippen LogP) is 3.53. The van der Waals surface area contributed by atoms with Gasteiger partial charge in [0.1, 0.15) is 12.3 Å². The molecule has 1 aromatic heterocycles. The maximum atomic E-state index is 12.7. The van der Waals surface area contributed by atoms with Gasteiger partial charge in [-0.05, 0) is 25.1 Å². The molecule has 7 heteroatoms. The average Bonchev–Trinajstić information content (AvgIpc) is 2.57. The van der Waals surface area contributed by atoms with Crippen LogP contribution in [0.2, 0.25) is 0 Å². The van der Waals surface area contributed by atoms with Crippen molar-refractivity contribution in [3.8, 4) is 11.3 Å². The number of fused-ring (bicyclic) bond motifs is 1. The summed E-state index contributed by atoms with van der Waals surface area (Å²) in [4.78, 5) is 18.4. The number of benzene rings is 2. The van der Waals surface area contributed by atoms with Gasteiger partial charge in [0, 0.05) is 10.9 Å². The molecule has 0 amide bonds. The minimum absolute atomic E-state index is 0.234. The molecule has 24 heavy (non-hydrogen) atoms. The molecule has 124 valence electrons. The van der Waals surface area contributed by atoms with Gasteiger partial charge in [0.2, 0.25) is 0 Å². The fraction of sp³-hybridized carbons (Fsp3) is 0.176. The van der Waals surface area contributed by atoms with Crippen LogP contribution in [0.5, 0.6) is 0 Å². The van der Waals surface area contributed by atoms with E-state index < -0.39 is 17.3 Å². The molecular weight excluding hydrogens is 321 g/mol. The molecule has 0 saturated carbocycles. The van der Waals surface area contributed by atoms with Crippen LogP contribution in [0.3, 0.4) is 0 Å². The number of rotatable bonds is 3. The van der Waals surface area contributed by atoms with E-state index in [2.05, 4.69) is 5.10 Å². The highest BCUT2D eigenvalue weighted by atomic mass is 19.4. The molecule has 0 N–H and O–H groups in total. The van der Waals surface area contributed by atoms with Crippen LogP contribution in [0.4, 0.5) is 13.2 Å². The smallest absolute Gasteiger partial charge is 0.394 e. The second kappa shape index (κ2) is 5.99. The minimum Gasteiger partial charge on any atom is -0.394 e. The maximum absolute atomic E-state index is 12.7. The number of nitrogens with zero attached hydrogens (tertiary/aromatic N) is 2. The van der Waals surface area contributed by atoms with E-state index in [1.807, 2.05) is 0 Å². The molecule has 0 radical (unpaired) electrons. The zero-order valence-corrected chi connectivity index (χ0v) is 12.7. The first-order valence-electron chi connectivity index (χ1n) is 7.25. The summed E-state index contributed by atoms with van der Waals surface area (Å²) in [5, 5.41) is 5.09. The molecule has 0 fully saturated rings. The summed E-state index contributed by atoms with van der Waals surface area (Å²) in [6.07, 6.45) is -4.40. The number of hydrogen-bond acceptors (Lipinski definition) is 3. The zero-order chi connectivity index (χ0) is 17.3. The predicted molar refractivity (Wildman–Crippen MR) is 83.6 cm³/mol. The molecule has 0 aliphatic rings. The van der Waals surface area contributed by atoms with E-state index >= 15 is 0 Å². The zero-order valence-electron chi connectivity index (χ0n) is 12.7. The van der Waals surface area contributed by atoms with Crippen molar-refractivity contribution in [3.63, 3.8) is 0 Å². The van der Waals surface area contributed by atoms with Gasteiger partial charge in [-0.1, -0.05) is 35.2 Å². The van der Waals surface area contributed by atoms with E-state index in [0.717, 1.165) is 17.0 Å². The van der Waals surface area contributed by atoms with E-state index in [1.165, 1.54) is 12.1 Å². The maximum Gasteiger partial charge on any atom is 0.416 e. The molecule has 0 bridgehead atoms. The SMILES string of the molecule is CCOn1nc(-c2ccc(C(F)(F)F)cc2)c2ccccc2c1=O. The van der Waals surface area contributed by atoms with Gasteiger partial charge in [0.15, 0.2) is 0 Å². The standard InChI is InChI=1S/C17H13F3N2O2/c1-2-24-22-16(23)14-6-4-3-5-13(14)15(21-22)11-7-9-12(10-8-11)17(18,19)20/h3-10H,2H2,1H3. The van der Waals surface area contributed by atoms with Crippen LogP contribution >= 0.6 is 0 Å². The van der Waals surface area contributed by atoms with Gasteiger partial charge in [0.25, 0.3) is 0 Å². The second-order valence-electron chi connectivity index (χ2n) is 5.07. The van der Waals surface area contributed by atoms with E-state index in [4.69, 9.17) is 4.84 Å². The monoisotopic (exact) mass is 334 g/mol. The van der Waals surface area contributed by atoms with Crippen LogP contribution in [0.15, 0.2) is 53.3 Å². The first-order valence-corrected chi connectivity index (χ1v) is 7.25. The lowest BCUT2D eigenvalue weighted by Crippen LogP contribution is -2.30. The van der Waals surface area contributed by atoms with Gasteiger partial charge in [-0.25, -0.2) is 0 Å². The van der Waals surface area contributed by atoms with Gasteiger partial charge in [0.05, 0.1) is 10.9 Å². The summed E-state index contributed by atoms with van der Waals surface area (Å²) >= 11 is 0. The highest BCUT2D eigenvalue weighted by Crippen LogP contribution is 2.31. The fourth-order valence-corrected chi connectivity index (χ4v) is 2.41. The topological polar surface area (TPSA) is 44.1 Å². The van der Waals surface area contributed by atoms with E-state index in [1.54, 1.807) is 31.2 Å². The Hall–Kier alpha value is -2.83. The van der Waals surface area contributed by atoms with Crippen LogP contribution in [-0.4, -0.2) is 16.6 Å². The summed E-state index contributed by atoms with van der Waals surface area (Å²) < 4.78 is 38.1. The van der Waals surface area contributed by atoms with Crippen LogP contribution in [0.25, 0.3) is 22.0 Å². The van der Waals surface area contributed by atoms with E-state index in [-0.39, 0.29) is 6.61 Å². The van der Waals surface area contributed by atoms with Crippen LogP contribution < -0.4 is 10.4 Å². The molecule has 0 saturated heterocycles. The summed E-state index contributed by atoms with van der Waals surface area (Å²) in [6.45, 7) is 1.94. The summed E-state index contributed by atoms with van der Waals surface area (Å²) in [7, 11) is 0. The largest absolute Gasteiger partial charge is 0.416 e. The van der Waals surface area contributed by atoms with Crippen molar-refractivity contribution in [2.24, 2.45) is 0 Å². The first-order chi connectivity index (χ1) is 11.4. The fourth-order valence-electron chi connectivity index (χ4n) is 2.41. The van der Waals surface area contributed by atoms with Crippen LogP contribution in [-0.2, 0) is 6.18 Å². The number of hydrogen-bond donors (Lipinski definition) is 0. The van der Waals surface area contributed by atoms with Gasteiger partial charge >= 0.3 is 11.7 Å². The van der Waals surface area contributed by atoms with Gasteiger partial charge < -0.3 is 4.84 Å². The molecule has 0 aliphatic carbocycles. The normalized spacial score (nSPS) is 11.7. The number of aromatic nitrogens is 2. The van der Waals surface area contributed by atoms with E-state index in [9.17, 15) is 18.0 Å². The molecule has 4 nitrogen and oxygen atoms in total. The Morgan fingerprint density at radius 1 is 1.04 bits per heavy atom. The Kier molecular flexibility index (Phi) is 4.01. The van der Waals surface area contributed by atoms with Gasteiger partial charge in [-0.3, -0.25) is 4.79 Å². The Balaban J connectivity index is 2.22. The molecule has 3 rings (SSSR count). The molecule has 0 atom stereocenters. The van der Waals surface area contributed by atoms with Crippen LogP contribution in [0, 0.1) is 0 Å².